The van der Waals surface area contributed by atoms with Gasteiger partial charge in [-0.2, -0.15) is 0 Å². The number of rotatable bonds is 1. The van der Waals surface area contributed by atoms with Crippen LogP contribution in [0, 0.1) is 6.58 Å². The summed E-state index contributed by atoms with van der Waals surface area (Å²) in [7, 11) is 0. The van der Waals surface area contributed by atoms with Crippen LogP contribution in [0.25, 0.3) is 0 Å². The summed E-state index contributed by atoms with van der Waals surface area (Å²) in [5, 5.41) is 15.2. The van der Waals surface area contributed by atoms with E-state index in [0.29, 0.717) is 0 Å². The zero-order valence-electron chi connectivity index (χ0n) is 4.71. The van der Waals surface area contributed by atoms with E-state index in [2.05, 4.69) is 13.2 Å². The van der Waals surface area contributed by atoms with E-state index in [-0.39, 0.29) is 31.5 Å². The van der Waals surface area contributed by atoms with Crippen LogP contribution in [0.2, 0.25) is 0 Å². The second-order valence-electron chi connectivity index (χ2n) is 0.447. The van der Waals surface area contributed by atoms with E-state index >= 15 is 0 Å². The van der Waals surface area contributed by atoms with Crippen LogP contribution in [0.15, 0.2) is 6.58 Å². The SMILES string of the molecule is OCCO.[CH-]=C.[O]=[Zn]. The summed E-state index contributed by atoms with van der Waals surface area (Å²) < 4.78 is 8.38. The van der Waals surface area contributed by atoms with Crippen molar-refractivity contribution < 1.29 is 32.0 Å². The molecule has 0 saturated carbocycles. The fraction of sp³-hybridized carbons (Fsp3) is 0.500. The third-order valence-electron chi connectivity index (χ3n) is 0.1000. The topological polar surface area (TPSA) is 57.5 Å². The summed E-state index contributed by atoms with van der Waals surface area (Å²) in [4.78, 5) is 0. The van der Waals surface area contributed by atoms with Crippen LogP contribution in [-0.4, -0.2) is 23.4 Å². The zero-order chi connectivity index (χ0) is 7.41. The van der Waals surface area contributed by atoms with Crippen molar-refractivity contribution in [1.82, 2.24) is 0 Å². The Kier molecular flexibility index (Phi) is 118. The molecular weight excluding hydrogens is 161 g/mol. The van der Waals surface area contributed by atoms with Crippen molar-refractivity contribution in [1.29, 1.82) is 0 Å². The van der Waals surface area contributed by atoms with Gasteiger partial charge in [-0.15, -0.1) is 0 Å². The molecule has 0 saturated heterocycles. The van der Waals surface area contributed by atoms with Gasteiger partial charge in [0.05, 0.1) is 13.2 Å². The van der Waals surface area contributed by atoms with E-state index in [4.69, 9.17) is 13.8 Å². The van der Waals surface area contributed by atoms with E-state index in [0.717, 1.165) is 0 Å². The minimum atomic E-state index is -0.125. The average Bonchev–Trinajstić information content (AvgIpc) is 1.96. The number of aliphatic hydroxyl groups is 2. The van der Waals surface area contributed by atoms with Crippen LogP contribution in [0.3, 0.4) is 0 Å². The van der Waals surface area contributed by atoms with Crippen LogP contribution in [-0.2, 0) is 21.8 Å². The van der Waals surface area contributed by atoms with Gasteiger partial charge in [-0.1, -0.05) is 0 Å². The summed E-state index contributed by atoms with van der Waals surface area (Å²) in [6.45, 7) is 6.75. The van der Waals surface area contributed by atoms with Crippen molar-refractivity contribution in [3.8, 4) is 0 Å². The molecule has 0 aliphatic heterocycles. The second-order valence-corrected chi connectivity index (χ2v) is 0.447. The van der Waals surface area contributed by atoms with Gasteiger partial charge in [0.15, 0.2) is 0 Å². The van der Waals surface area contributed by atoms with Crippen molar-refractivity contribution in [2.24, 2.45) is 0 Å². The van der Waals surface area contributed by atoms with Gasteiger partial charge in [0.1, 0.15) is 0 Å². The predicted molar refractivity (Wildman–Crippen MR) is 24.8 cm³/mol. The van der Waals surface area contributed by atoms with Gasteiger partial charge in [-0.05, 0) is 0 Å². The van der Waals surface area contributed by atoms with Crippen molar-refractivity contribution in [2.45, 2.75) is 0 Å². The standard InChI is InChI=1S/C2H6O2.C2H3.O.Zn/c3-1-2-4;1-2;;/h3-4H,1-2H2;1H,2H2;;/q;-1;;. The molecule has 3 nitrogen and oxygen atoms in total. The zero-order valence-corrected chi connectivity index (χ0v) is 7.68. The van der Waals surface area contributed by atoms with E-state index in [1.165, 1.54) is 0 Å². The monoisotopic (exact) mass is 169 g/mol. The van der Waals surface area contributed by atoms with Gasteiger partial charge in [0.25, 0.3) is 0 Å². The summed E-state index contributed by atoms with van der Waals surface area (Å²) in [5.74, 6) is 0. The molecule has 0 unspecified atom stereocenters. The first kappa shape index (κ1) is 15.7. The fourth-order valence-corrected chi connectivity index (χ4v) is 0. The first-order valence-electron chi connectivity index (χ1n) is 1.83. The summed E-state index contributed by atoms with van der Waals surface area (Å²) in [6, 6.07) is 0. The Morgan fingerprint density at radius 1 is 1.25 bits per heavy atom. The normalized spacial score (nSPS) is 5.00. The van der Waals surface area contributed by atoms with E-state index in [9.17, 15) is 0 Å². The molecule has 8 heavy (non-hydrogen) atoms. The third kappa shape index (κ3) is 134. The Morgan fingerprint density at radius 2 is 1.38 bits per heavy atom. The van der Waals surface area contributed by atoms with Gasteiger partial charge in [0.2, 0.25) is 0 Å². The second kappa shape index (κ2) is 60.4. The molecule has 0 amide bonds. The van der Waals surface area contributed by atoms with Crippen LogP contribution >= 0.6 is 0 Å². The quantitative estimate of drug-likeness (QED) is 0.410. The van der Waals surface area contributed by atoms with Crippen LogP contribution in [0.1, 0.15) is 0 Å². The molecule has 0 fully saturated rings. The Morgan fingerprint density at radius 3 is 1.38 bits per heavy atom. The number of hydrogen-bond acceptors (Lipinski definition) is 3. The van der Waals surface area contributed by atoms with Crippen molar-refractivity contribution in [2.75, 3.05) is 13.2 Å². The van der Waals surface area contributed by atoms with Crippen LogP contribution in [0.4, 0.5) is 0 Å². The average molecular weight is 171 g/mol. The summed E-state index contributed by atoms with van der Waals surface area (Å²) >= 11 is 0.125. The molecule has 0 aromatic rings. The van der Waals surface area contributed by atoms with Crippen molar-refractivity contribution >= 4 is 0 Å². The molecule has 0 bridgehead atoms. The molecule has 0 aromatic heterocycles. The first-order chi connectivity index (χ1) is 3.91. The first-order valence-corrected chi connectivity index (χ1v) is 3.04. The molecule has 46 valence electrons. The molecular formula is C4H9O3Zn-. The van der Waals surface area contributed by atoms with Gasteiger partial charge >= 0.3 is 21.8 Å². The Bertz CT molecular complexity index is 23.2. The maximum absolute atomic E-state index is 8.38. The van der Waals surface area contributed by atoms with Gasteiger partial charge in [-0.25, -0.2) is 0 Å². The van der Waals surface area contributed by atoms with Gasteiger partial charge in [-0.3, -0.25) is 6.58 Å². The fourth-order valence-electron chi connectivity index (χ4n) is 0. The van der Waals surface area contributed by atoms with Crippen LogP contribution in [0.5, 0.6) is 0 Å². The molecule has 0 rings (SSSR count). The molecule has 0 aliphatic rings. The molecule has 0 heterocycles. The molecule has 2 N–H and O–H groups in total. The van der Waals surface area contributed by atoms with E-state index in [1.54, 1.807) is 0 Å². The molecule has 4 heteroatoms. The summed E-state index contributed by atoms with van der Waals surface area (Å²) in [6.07, 6.45) is 0. The van der Waals surface area contributed by atoms with Crippen LogP contribution < -0.4 is 0 Å². The molecule has 0 atom stereocenters. The van der Waals surface area contributed by atoms with E-state index in [1.807, 2.05) is 0 Å². The molecule has 0 aromatic carbocycles. The predicted octanol–water partition coefficient (Wildman–Crippen LogP) is -0.545. The van der Waals surface area contributed by atoms with Crippen molar-refractivity contribution in [3.63, 3.8) is 0 Å². The van der Waals surface area contributed by atoms with E-state index < -0.39 is 0 Å². The van der Waals surface area contributed by atoms with Crippen molar-refractivity contribution in [3.05, 3.63) is 13.2 Å². The minimum absolute atomic E-state index is 0.125. The third-order valence-corrected chi connectivity index (χ3v) is 0.1000. The summed E-state index contributed by atoms with van der Waals surface area (Å²) in [5.41, 5.74) is 0. The molecule has 0 aliphatic carbocycles. The Hall–Kier alpha value is 0.0834. The number of aliphatic hydroxyl groups excluding tert-OH is 2. The Balaban J connectivity index is -0.0000000542. The van der Waals surface area contributed by atoms with Gasteiger partial charge < -0.3 is 16.8 Å². The number of hydrogen-bond donors (Lipinski definition) is 2. The Labute approximate surface area is 59.0 Å². The molecule has 0 radical (unpaired) electrons. The van der Waals surface area contributed by atoms with Gasteiger partial charge in [0, 0.05) is 0 Å². The maximum atomic E-state index is 8.38. The molecule has 0 spiro atoms.